The summed E-state index contributed by atoms with van der Waals surface area (Å²) in [5.74, 6) is -0.236. The Labute approximate surface area is 158 Å². The van der Waals surface area contributed by atoms with Gasteiger partial charge in [0.15, 0.2) is 0 Å². The van der Waals surface area contributed by atoms with E-state index in [0.717, 1.165) is 5.56 Å². The number of nitriles is 1. The lowest BCUT2D eigenvalue weighted by Crippen LogP contribution is -2.14. The molecule has 0 aliphatic rings. The molecule has 2 aromatic carbocycles. The van der Waals surface area contributed by atoms with Gasteiger partial charge in [-0.25, -0.2) is 0 Å². The third kappa shape index (κ3) is 5.67. The summed E-state index contributed by atoms with van der Waals surface area (Å²) in [5, 5.41) is 14.5. The zero-order valence-electron chi connectivity index (χ0n) is 14.8. The molecule has 0 radical (unpaired) electrons. The van der Waals surface area contributed by atoms with E-state index < -0.39 is 16.0 Å². The van der Waals surface area contributed by atoms with Gasteiger partial charge in [0.05, 0.1) is 4.90 Å². The van der Waals surface area contributed by atoms with Crippen LogP contribution in [0.2, 0.25) is 0 Å². The van der Waals surface area contributed by atoms with Crippen LogP contribution in [0.1, 0.15) is 25.3 Å². The quantitative estimate of drug-likeness (QED) is 0.398. The lowest BCUT2D eigenvalue weighted by molar-refractivity contribution is -0.112. The number of carbonyl (C=O) groups is 1. The van der Waals surface area contributed by atoms with Crippen molar-refractivity contribution in [2.75, 3.05) is 10.6 Å². The predicted molar refractivity (Wildman–Crippen MR) is 103 cm³/mol. The van der Waals surface area contributed by atoms with E-state index >= 15 is 0 Å². The van der Waals surface area contributed by atoms with Gasteiger partial charge in [-0.3, -0.25) is 9.35 Å². The van der Waals surface area contributed by atoms with E-state index in [2.05, 4.69) is 24.5 Å². The lowest BCUT2D eigenvalue weighted by Gasteiger charge is -2.08. The van der Waals surface area contributed by atoms with Crippen molar-refractivity contribution in [1.29, 1.82) is 5.26 Å². The predicted octanol–water partition coefficient (Wildman–Crippen LogP) is 3.51. The maximum Gasteiger partial charge on any atom is 0.294 e. The van der Waals surface area contributed by atoms with Crippen LogP contribution in [-0.2, 0) is 14.9 Å². The number of amides is 1. The highest BCUT2D eigenvalue weighted by Crippen LogP contribution is 2.18. The van der Waals surface area contributed by atoms with Crippen LogP contribution in [-0.4, -0.2) is 18.9 Å². The summed E-state index contributed by atoms with van der Waals surface area (Å²) in [5.41, 5.74) is 1.79. The maximum atomic E-state index is 12.2. The van der Waals surface area contributed by atoms with E-state index in [1.165, 1.54) is 30.5 Å². The van der Waals surface area contributed by atoms with Gasteiger partial charge in [-0.15, -0.1) is 0 Å². The van der Waals surface area contributed by atoms with Gasteiger partial charge in [0, 0.05) is 17.6 Å². The molecule has 7 nitrogen and oxygen atoms in total. The fraction of sp³-hybridized carbons (Fsp3) is 0.158. The van der Waals surface area contributed by atoms with Crippen molar-refractivity contribution in [3.8, 4) is 6.07 Å². The van der Waals surface area contributed by atoms with Crippen LogP contribution < -0.4 is 10.6 Å². The molecule has 8 heteroatoms. The Kier molecular flexibility index (Phi) is 6.34. The second-order valence-electron chi connectivity index (χ2n) is 6.05. The summed E-state index contributed by atoms with van der Waals surface area (Å²) < 4.78 is 31.4. The van der Waals surface area contributed by atoms with Gasteiger partial charge in [-0.05, 0) is 41.8 Å². The lowest BCUT2D eigenvalue weighted by atomic mass is 10.0. The van der Waals surface area contributed by atoms with E-state index in [0.29, 0.717) is 17.3 Å². The molecule has 0 unspecified atom stereocenters. The molecule has 0 aliphatic carbocycles. The molecule has 0 spiro atoms. The van der Waals surface area contributed by atoms with Crippen molar-refractivity contribution in [2.45, 2.75) is 24.7 Å². The molecule has 0 aromatic heterocycles. The van der Waals surface area contributed by atoms with Crippen LogP contribution in [0, 0.1) is 11.3 Å². The van der Waals surface area contributed by atoms with E-state index in [4.69, 9.17) is 4.55 Å². The average Bonchev–Trinajstić information content (AvgIpc) is 2.62. The van der Waals surface area contributed by atoms with E-state index in [1.54, 1.807) is 18.2 Å². The number of nitrogens with one attached hydrogen (secondary N) is 2. The van der Waals surface area contributed by atoms with E-state index in [9.17, 15) is 18.5 Å². The zero-order valence-corrected chi connectivity index (χ0v) is 15.6. The number of benzene rings is 2. The average molecular weight is 385 g/mol. The van der Waals surface area contributed by atoms with Crippen LogP contribution in [0.3, 0.4) is 0 Å². The molecule has 2 aromatic rings. The minimum atomic E-state index is -4.34. The molecule has 27 heavy (non-hydrogen) atoms. The summed E-state index contributed by atoms with van der Waals surface area (Å²) in [4.78, 5) is 11.9. The summed E-state index contributed by atoms with van der Waals surface area (Å²) in [6.07, 6.45) is 1.17. The molecule has 140 valence electrons. The molecule has 0 bridgehead atoms. The second-order valence-corrected chi connectivity index (χ2v) is 7.47. The third-order valence-corrected chi connectivity index (χ3v) is 4.57. The van der Waals surface area contributed by atoms with Crippen molar-refractivity contribution in [3.63, 3.8) is 0 Å². The summed E-state index contributed by atoms with van der Waals surface area (Å²) in [6, 6.07) is 14.4. The summed E-state index contributed by atoms with van der Waals surface area (Å²) in [6.45, 7) is 4.12. The van der Waals surface area contributed by atoms with Crippen LogP contribution in [0.25, 0.3) is 0 Å². The summed E-state index contributed by atoms with van der Waals surface area (Å²) >= 11 is 0. The van der Waals surface area contributed by atoms with Crippen molar-refractivity contribution in [3.05, 3.63) is 65.9 Å². The highest BCUT2D eigenvalue weighted by molar-refractivity contribution is 7.85. The normalized spacial score (nSPS) is 11.7. The number of hydrogen-bond donors (Lipinski definition) is 3. The van der Waals surface area contributed by atoms with E-state index in [1.807, 2.05) is 12.1 Å². The van der Waals surface area contributed by atoms with Crippen LogP contribution >= 0.6 is 0 Å². The number of rotatable bonds is 6. The van der Waals surface area contributed by atoms with Crippen molar-refractivity contribution < 1.29 is 17.8 Å². The monoisotopic (exact) mass is 385 g/mol. The van der Waals surface area contributed by atoms with Crippen LogP contribution in [0.15, 0.2) is 65.2 Å². The first kappa shape index (κ1) is 20.2. The molecule has 0 fully saturated rings. The minimum absolute atomic E-state index is 0.194. The molecule has 3 N–H and O–H groups in total. The first-order chi connectivity index (χ1) is 12.7. The Balaban J connectivity index is 2.11. The van der Waals surface area contributed by atoms with Crippen molar-refractivity contribution >= 4 is 27.4 Å². The van der Waals surface area contributed by atoms with Crippen LogP contribution in [0.5, 0.6) is 0 Å². The zero-order chi connectivity index (χ0) is 20.0. The highest BCUT2D eigenvalue weighted by Gasteiger charge is 2.11. The van der Waals surface area contributed by atoms with Crippen LogP contribution in [0.4, 0.5) is 11.4 Å². The molecule has 0 aliphatic heterocycles. The molecule has 1 amide bonds. The number of nitrogens with zero attached hydrogens (tertiary/aromatic N) is 1. The Morgan fingerprint density at radius 2 is 1.81 bits per heavy atom. The Hall–Kier alpha value is -3.15. The molecule has 0 saturated carbocycles. The molecule has 0 atom stereocenters. The topological polar surface area (TPSA) is 119 Å². The fourth-order valence-electron chi connectivity index (χ4n) is 2.20. The molecular weight excluding hydrogens is 366 g/mol. The Bertz CT molecular complexity index is 1000. The number of anilines is 2. The standard InChI is InChI=1S/C19H19N3O4S/c1-13(2)14-6-8-16(9-7-14)22-19(23)15(11-20)12-21-17-4-3-5-18(10-17)27(24,25)26/h3-10,12-13,21H,1-2H3,(H,22,23)(H,24,25,26)/b15-12-. The maximum absolute atomic E-state index is 12.2. The molecule has 0 heterocycles. The molecule has 0 saturated heterocycles. The van der Waals surface area contributed by atoms with Gasteiger partial charge in [0.2, 0.25) is 0 Å². The van der Waals surface area contributed by atoms with Gasteiger partial charge in [0.1, 0.15) is 11.6 Å². The Morgan fingerprint density at radius 1 is 1.15 bits per heavy atom. The fourth-order valence-corrected chi connectivity index (χ4v) is 2.73. The molecule has 2 rings (SSSR count). The third-order valence-electron chi connectivity index (χ3n) is 3.72. The first-order valence-corrected chi connectivity index (χ1v) is 9.50. The van der Waals surface area contributed by atoms with Gasteiger partial charge in [-0.1, -0.05) is 32.0 Å². The van der Waals surface area contributed by atoms with Gasteiger partial charge < -0.3 is 10.6 Å². The molecular formula is C19H19N3O4S. The Morgan fingerprint density at radius 3 is 2.37 bits per heavy atom. The second kappa shape index (κ2) is 8.49. The van der Waals surface area contributed by atoms with Gasteiger partial charge in [-0.2, -0.15) is 13.7 Å². The van der Waals surface area contributed by atoms with E-state index in [-0.39, 0.29) is 10.5 Å². The minimum Gasteiger partial charge on any atom is -0.360 e. The van der Waals surface area contributed by atoms with Gasteiger partial charge >= 0.3 is 0 Å². The number of carbonyl (C=O) groups excluding carboxylic acids is 1. The first-order valence-electron chi connectivity index (χ1n) is 8.06. The highest BCUT2D eigenvalue weighted by atomic mass is 32.2. The van der Waals surface area contributed by atoms with Crippen molar-refractivity contribution in [1.82, 2.24) is 0 Å². The SMILES string of the molecule is CC(C)c1ccc(NC(=O)/C(C#N)=C\Nc2cccc(S(=O)(=O)O)c2)cc1. The van der Waals surface area contributed by atoms with Crippen molar-refractivity contribution in [2.24, 2.45) is 0 Å². The van der Waals surface area contributed by atoms with Gasteiger partial charge in [0.25, 0.3) is 16.0 Å². The smallest absolute Gasteiger partial charge is 0.294 e. The largest absolute Gasteiger partial charge is 0.360 e. The number of hydrogen-bond acceptors (Lipinski definition) is 5. The summed E-state index contributed by atoms with van der Waals surface area (Å²) in [7, 11) is -4.34.